The van der Waals surface area contributed by atoms with Crippen LogP contribution < -0.4 is 20.3 Å². The average molecular weight is 539 g/mol. The van der Waals surface area contributed by atoms with E-state index in [0.29, 0.717) is 54.9 Å². The minimum atomic E-state index is -0.359. The highest BCUT2D eigenvalue weighted by molar-refractivity contribution is 7.98. The molecule has 0 radical (unpaired) electrons. The van der Waals surface area contributed by atoms with Crippen LogP contribution in [-0.2, 0) is 17.8 Å². The number of hydrogen-bond acceptors (Lipinski definition) is 9. The summed E-state index contributed by atoms with van der Waals surface area (Å²) in [5, 5.41) is 15.7. The van der Waals surface area contributed by atoms with Gasteiger partial charge in [0.2, 0.25) is 11.8 Å². The molecule has 1 unspecified atom stereocenters. The monoisotopic (exact) mass is 538 g/mol. The van der Waals surface area contributed by atoms with Crippen LogP contribution in [0.2, 0.25) is 0 Å². The van der Waals surface area contributed by atoms with E-state index in [1.54, 1.807) is 29.8 Å². The lowest BCUT2D eigenvalue weighted by Gasteiger charge is -2.33. The van der Waals surface area contributed by atoms with Crippen molar-refractivity contribution in [3.8, 4) is 11.9 Å². The molecule has 4 heterocycles. The Morgan fingerprint density at radius 2 is 2.13 bits per heavy atom. The van der Waals surface area contributed by atoms with Gasteiger partial charge in [-0.3, -0.25) is 19.9 Å². The lowest BCUT2D eigenvalue weighted by atomic mass is 10.0. The molecule has 1 atom stereocenters. The Morgan fingerprint density at radius 1 is 1.32 bits per heavy atom. The van der Waals surface area contributed by atoms with Crippen molar-refractivity contribution in [2.75, 3.05) is 67.9 Å². The molecule has 2 N–H and O–H groups in total. The standard InChI is InChI=1S/C26H34N8O3S/c1-17(16-38-4)29-21-11-22(28-13-20(21)12-27)30-26(36)34-7-5-6-18-10-19(25(37-3)31-24(18)34)14-33-9-8-32(2)15-23(33)35/h10-11,13,17H,5-9,14-16H2,1-4H3,(H2,28,29,30,36). The third-order valence-electron chi connectivity index (χ3n) is 6.59. The molecule has 38 heavy (non-hydrogen) atoms. The molecule has 0 bridgehead atoms. The van der Waals surface area contributed by atoms with Crippen LogP contribution >= 0.6 is 11.8 Å². The first kappa shape index (κ1) is 27.5. The molecule has 1 saturated heterocycles. The third kappa shape index (κ3) is 6.28. The van der Waals surface area contributed by atoms with Crippen molar-refractivity contribution in [2.45, 2.75) is 32.4 Å². The number of aryl methyl sites for hydroxylation is 1. The smallest absolute Gasteiger partial charge is 0.328 e. The summed E-state index contributed by atoms with van der Waals surface area (Å²) in [4.78, 5) is 40.2. The summed E-state index contributed by atoms with van der Waals surface area (Å²) in [5.41, 5.74) is 2.80. The van der Waals surface area contributed by atoms with E-state index in [0.717, 1.165) is 36.3 Å². The number of aromatic nitrogens is 2. The maximum absolute atomic E-state index is 13.3. The van der Waals surface area contributed by atoms with Crippen LogP contribution in [-0.4, -0.2) is 90.1 Å². The van der Waals surface area contributed by atoms with Crippen molar-refractivity contribution >= 4 is 41.0 Å². The number of piperazine rings is 1. The van der Waals surface area contributed by atoms with E-state index in [2.05, 4.69) is 21.7 Å². The molecule has 2 aliphatic rings. The van der Waals surface area contributed by atoms with E-state index in [1.165, 1.54) is 6.20 Å². The maximum Gasteiger partial charge on any atom is 0.328 e. The van der Waals surface area contributed by atoms with Gasteiger partial charge in [0.25, 0.3) is 0 Å². The lowest BCUT2D eigenvalue weighted by molar-refractivity contribution is -0.136. The van der Waals surface area contributed by atoms with Crippen LogP contribution in [0.3, 0.4) is 0 Å². The van der Waals surface area contributed by atoms with Gasteiger partial charge in [-0.15, -0.1) is 0 Å². The molecule has 3 amide bonds. The van der Waals surface area contributed by atoms with Gasteiger partial charge in [-0.05, 0) is 44.7 Å². The second kappa shape index (κ2) is 12.3. The number of ether oxygens (including phenoxy) is 1. The molecular formula is C26H34N8O3S. The van der Waals surface area contributed by atoms with E-state index >= 15 is 0 Å². The first-order valence-corrected chi connectivity index (χ1v) is 14.0. The molecule has 2 aromatic heterocycles. The van der Waals surface area contributed by atoms with Crippen LogP contribution in [0.15, 0.2) is 18.3 Å². The Kier molecular flexibility index (Phi) is 8.91. The van der Waals surface area contributed by atoms with Crippen molar-refractivity contribution in [3.05, 3.63) is 35.0 Å². The summed E-state index contributed by atoms with van der Waals surface area (Å²) < 4.78 is 5.58. The molecule has 12 heteroatoms. The van der Waals surface area contributed by atoms with Gasteiger partial charge in [0.1, 0.15) is 17.7 Å². The Morgan fingerprint density at radius 3 is 2.84 bits per heavy atom. The normalized spacial score (nSPS) is 16.4. The van der Waals surface area contributed by atoms with Gasteiger partial charge >= 0.3 is 6.03 Å². The fourth-order valence-corrected chi connectivity index (χ4v) is 5.26. The highest BCUT2D eigenvalue weighted by Crippen LogP contribution is 2.32. The fourth-order valence-electron chi connectivity index (χ4n) is 4.68. The van der Waals surface area contributed by atoms with Gasteiger partial charge in [-0.25, -0.2) is 9.78 Å². The number of likely N-dealkylation sites (N-methyl/N-ethyl adjacent to an activating group) is 1. The number of carbonyl (C=O) groups excluding carboxylic acids is 2. The van der Waals surface area contributed by atoms with Crippen molar-refractivity contribution in [1.82, 2.24) is 19.8 Å². The first-order chi connectivity index (χ1) is 18.3. The zero-order chi connectivity index (χ0) is 27.2. The van der Waals surface area contributed by atoms with Crippen molar-refractivity contribution < 1.29 is 14.3 Å². The topological polar surface area (TPSA) is 127 Å². The Hall–Kier alpha value is -3.56. The average Bonchev–Trinajstić information content (AvgIpc) is 2.89. The number of nitrogens with zero attached hydrogens (tertiary/aromatic N) is 6. The van der Waals surface area contributed by atoms with Crippen LogP contribution in [0.25, 0.3) is 0 Å². The molecule has 0 spiro atoms. The molecule has 4 rings (SSSR count). The van der Waals surface area contributed by atoms with Crippen LogP contribution in [0.5, 0.6) is 5.88 Å². The number of pyridine rings is 2. The second-order valence-electron chi connectivity index (χ2n) is 9.61. The summed E-state index contributed by atoms with van der Waals surface area (Å²) in [6, 6.07) is 5.61. The number of methoxy groups -OCH3 is 1. The van der Waals surface area contributed by atoms with Crippen molar-refractivity contribution in [2.24, 2.45) is 0 Å². The minimum absolute atomic E-state index is 0.0751. The number of carbonyl (C=O) groups is 2. The van der Waals surface area contributed by atoms with Crippen LogP contribution in [0.4, 0.5) is 22.1 Å². The predicted molar refractivity (Wildman–Crippen MR) is 149 cm³/mol. The quantitative estimate of drug-likeness (QED) is 0.522. The largest absolute Gasteiger partial charge is 0.481 e. The summed E-state index contributed by atoms with van der Waals surface area (Å²) in [6.45, 7) is 4.81. The first-order valence-electron chi connectivity index (χ1n) is 12.6. The number of urea groups is 1. The van der Waals surface area contributed by atoms with E-state index < -0.39 is 0 Å². The molecule has 1 fully saturated rings. The van der Waals surface area contributed by atoms with Crippen LogP contribution in [0.1, 0.15) is 30.0 Å². The van der Waals surface area contributed by atoms with Gasteiger partial charge in [-0.1, -0.05) is 0 Å². The van der Waals surface area contributed by atoms with Gasteiger partial charge in [0, 0.05) is 49.3 Å². The highest BCUT2D eigenvalue weighted by atomic mass is 32.2. The van der Waals surface area contributed by atoms with Gasteiger partial charge in [0.05, 0.1) is 31.5 Å². The molecule has 2 aliphatic heterocycles. The molecule has 202 valence electrons. The Balaban J connectivity index is 1.53. The third-order valence-corrected chi connectivity index (χ3v) is 7.42. The fraction of sp³-hybridized carbons (Fsp3) is 0.500. The van der Waals surface area contributed by atoms with Crippen molar-refractivity contribution in [3.63, 3.8) is 0 Å². The van der Waals surface area contributed by atoms with Crippen LogP contribution in [0, 0.1) is 11.3 Å². The number of anilines is 3. The number of thioether (sulfide) groups is 1. The molecule has 11 nitrogen and oxygen atoms in total. The summed E-state index contributed by atoms with van der Waals surface area (Å²) in [6.07, 6.45) is 5.04. The van der Waals surface area contributed by atoms with Gasteiger partial charge < -0.3 is 15.0 Å². The SMILES string of the molecule is COc1nc2c(cc1CN1CCN(C)CC1=O)CCCN2C(=O)Nc1cc(NC(C)CSC)c(C#N)cn1. The predicted octanol–water partition coefficient (Wildman–Crippen LogP) is 2.78. The number of rotatable bonds is 8. The maximum atomic E-state index is 13.3. The molecule has 0 aromatic carbocycles. The summed E-state index contributed by atoms with van der Waals surface area (Å²) >= 11 is 1.71. The number of fused-ring (bicyclic) bond motifs is 1. The number of hydrogen-bond donors (Lipinski definition) is 2. The zero-order valence-corrected chi connectivity index (χ0v) is 23.1. The number of nitrogens with one attached hydrogen (secondary N) is 2. The number of amides is 3. The second-order valence-corrected chi connectivity index (χ2v) is 10.5. The molecule has 2 aromatic rings. The van der Waals surface area contributed by atoms with E-state index in [1.807, 2.05) is 36.1 Å². The lowest BCUT2D eigenvalue weighted by Crippen LogP contribution is -2.48. The number of nitriles is 1. The van der Waals surface area contributed by atoms with E-state index in [-0.39, 0.29) is 18.0 Å². The molecule has 0 saturated carbocycles. The van der Waals surface area contributed by atoms with Gasteiger partial charge in [0.15, 0.2) is 0 Å². The molecular weight excluding hydrogens is 504 g/mol. The highest BCUT2D eigenvalue weighted by Gasteiger charge is 2.28. The van der Waals surface area contributed by atoms with Gasteiger partial charge in [-0.2, -0.15) is 22.0 Å². The Bertz CT molecular complexity index is 1230. The zero-order valence-electron chi connectivity index (χ0n) is 22.3. The summed E-state index contributed by atoms with van der Waals surface area (Å²) in [5.74, 6) is 2.24. The van der Waals surface area contributed by atoms with Crippen molar-refractivity contribution in [1.29, 1.82) is 5.26 Å². The van der Waals surface area contributed by atoms with E-state index in [9.17, 15) is 14.9 Å². The molecule has 0 aliphatic carbocycles. The Labute approximate surface area is 227 Å². The minimum Gasteiger partial charge on any atom is -0.481 e. The summed E-state index contributed by atoms with van der Waals surface area (Å²) in [7, 11) is 3.48. The van der Waals surface area contributed by atoms with E-state index in [4.69, 9.17) is 9.72 Å².